The number of rotatable bonds is 7. The van der Waals surface area contributed by atoms with Crippen LogP contribution in [-0.4, -0.2) is 22.6 Å². The summed E-state index contributed by atoms with van der Waals surface area (Å²) in [4.78, 5) is 14.6. The van der Waals surface area contributed by atoms with Crippen molar-refractivity contribution in [1.29, 1.82) is 0 Å². The van der Waals surface area contributed by atoms with E-state index in [0.29, 0.717) is 11.7 Å². The SMILES string of the molecule is C=Cc1c(C)cc(-c2nnc(N(CCCC)C(=O)c3ccccc3F)s2)cc1C. The minimum Gasteiger partial charge on any atom is -0.282 e. The maximum atomic E-state index is 14.2. The van der Waals surface area contributed by atoms with E-state index in [2.05, 4.69) is 16.8 Å². The zero-order valence-electron chi connectivity index (χ0n) is 16.9. The summed E-state index contributed by atoms with van der Waals surface area (Å²) in [5.41, 5.74) is 4.32. The zero-order chi connectivity index (χ0) is 21.0. The largest absolute Gasteiger partial charge is 0.282 e. The fraction of sp³-hybridized carbons (Fsp3) is 0.261. The van der Waals surface area contributed by atoms with Gasteiger partial charge in [0.25, 0.3) is 5.91 Å². The molecule has 0 saturated carbocycles. The summed E-state index contributed by atoms with van der Waals surface area (Å²) in [6, 6.07) is 10.1. The van der Waals surface area contributed by atoms with Crippen molar-refractivity contribution < 1.29 is 9.18 Å². The van der Waals surface area contributed by atoms with Crippen molar-refractivity contribution in [3.63, 3.8) is 0 Å². The molecule has 1 aromatic heterocycles. The lowest BCUT2D eigenvalue weighted by Gasteiger charge is -2.19. The smallest absolute Gasteiger partial charge is 0.263 e. The molecule has 150 valence electrons. The van der Waals surface area contributed by atoms with Gasteiger partial charge in [0.15, 0.2) is 0 Å². The Bertz CT molecular complexity index is 1020. The van der Waals surface area contributed by atoms with Gasteiger partial charge >= 0.3 is 0 Å². The molecule has 1 amide bonds. The number of nitrogens with zero attached hydrogens (tertiary/aromatic N) is 3. The van der Waals surface area contributed by atoms with E-state index < -0.39 is 11.7 Å². The molecular weight excluding hydrogens is 385 g/mol. The Hall–Kier alpha value is -2.86. The van der Waals surface area contributed by atoms with Crippen LogP contribution in [0.3, 0.4) is 0 Å². The van der Waals surface area contributed by atoms with Gasteiger partial charge in [-0.1, -0.05) is 49.5 Å². The second-order valence-corrected chi connectivity index (χ2v) is 7.86. The van der Waals surface area contributed by atoms with Crippen molar-refractivity contribution in [2.45, 2.75) is 33.6 Å². The van der Waals surface area contributed by atoms with E-state index in [1.807, 2.05) is 39.0 Å². The summed E-state index contributed by atoms with van der Waals surface area (Å²) in [6.45, 7) is 10.4. The molecular formula is C23H24FN3OS. The van der Waals surface area contributed by atoms with Crippen LogP contribution in [0, 0.1) is 19.7 Å². The number of hydrogen-bond donors (Lipinski definition) is 0. The van der Waals surface area contributed by atoms with E-state index in [0.717, 1.165) is 40.1 Å². The number of halogens is 1. The maximum absolute atomic E-state index is 14.2. The highest BCUT2D eigenvalue weighted by molar-refractivity contribution is 7.18. The molecule has 0 aliphatic carbocycles. The number of aryl methyl sites for hydroxylation is 2. The summed E-state index contributed by atoms with van der Waals surface area (Å²) in [6.07, 6.45) is 3.55. The number of benzene rings is 2. The maximum Gasteiger partial charge on any atom is 0.263 e. The van der Waals surface area contributed by atoms with Gasteiger partial charge in [-0.15, -0.1) is 10.2 Å². The second-order valence-electron chi connectivity index (χ2n) is 6.91. The predicted octanol–water partition coefficient (Wildman–Crippen LogP) is 6.05. The van der Waals surface area contributed by atoms with Gasteiger partial charge in [-0.3, -0.25) is 9.69 Å². The summed E-state index contributed by atoms with van der Waals surface area (Å²) in [7, 11) is 0. The fourth-order valence-corrected chi connectivity index (χ4v) is 4.10. The van der Waals surface area contributed by atoms with Crippen LogP contribution in [0.15, 0.2) is 43.0 Å². The van der Waals surface area contributed by atoms with Crippen LogP contribution in [0.5, 0.6) is 0 Å². The second kappa shape index (κ2) is 9.09. The lowest BCUT2D eigenvalue weighted by Crippen LogP contribution is -2.32. The highest BCUT2D eigenvalue weighted by Crippen LogP contribution is 2.32. The molecule has 2 aromatic carbocycles. The van der Waals surface area contributed by atoms with Crippen molar-refractivity contribution in [1.82, 2.24) is 10.2 Å². The van der Waals surface area contributed by atoms with Crippen molar-refractivity contribution in [3.05, 3.63) is 71.0 Å². The van der Waals surface area contributed by atoms with Crippen molar-refractivity contribution in [2.24, 2.45) is 0 Å². The molecule has 29 heavy (non-hydrogen) atoms. The predicted molar refractivity (Wildman–Crippen MR) is 118 cm³/mol. The summed E-state index contributed by atoms with van der Waals surface area (Å²) in [5, 5.41) is 9.76. The highest BCUT2D eigenvalue weighted by Gasteiger charge is 2.24. The average Bonchev–Trinajstić information content (AvgIpc) is 3.18. The molecule has 3 rings (SSSR count). The van der Waals surface area contributed by atoms with E-state index in [9.17, 15) is 9.18 Å². The Morgan fingerprint density at radius 1 is 1.21 bits per heavy atom. The molecule has 1 heterocycles. The topological polar surface area (TPSA) is 46.1 Å². The first-order valence-electron chi connectivity index (χ1n) is 9.60. The van der Waals surface area contributed by atoms with Crippen LogP contribution in [0.25, 0.3) is 16.6 Å². The van der Waals surface area contributed by atoms with Gasteiger partial charge in [0, 0.05) is 12.1 Å². The fourth-order valence-electron chi connectivity index (χ4n) is 3.24. The van der Waals surface area contributed by atoms with Crippen molar-refractivity contribution in [3.8, 4) is 10.6 Å². The molecule has 0 atom stereocenters. The van der Waals surface area contributed by atoms with Gasteiger partial charge in [-0.2, -0.15) is 0 Å². The highest BCUT2D eigenvalue weighted by atomic mass is 32.1. The summed E-state index contributed by atoms with van der Waals surface area (Å²) in [5.74, 6) is -0.927. The number of aromatic nitrogens is 2. The van der Waals surface area contributed by atoms with Crippen molar-refractivity contribution >= 4 is 28.5 Å². The number of carbonyl (C=O) groups is 1. The average molecular weight is 410 g/mol. The number of anilines is 1. The third-order valence-corrected chi connectivity index (χ3v) is 5.77. The molecule has 0 bridgehead atoms. The number of hydrogen-bond acceptors (Lipinski definition) is 4. The molecule has 0 N–H and O–H groups in total. The van der Waals surface area contributed by atoms with E-state index >= 15 is 0 Å². The van der Waals surface area contributed by atoms with Crippen LogP contribution in [0.4, 0.5) is 9.52 Å². The molecule has 0 saturated heterocycles. The van der Waals surface area contributed by atoms with Crippen LogP contribution < -0.4 is 4.90 Å². The van der Waals surface area contributed by atoms with Crippen LogP contribution in [-0.2, 0) is 0 Å². The van der Waals surface area contributed by atoms with Gasteiger partial charge in [0.1, 0.15) is 10.8 Å². The van der Waals surface area contributed by atoms with E-state index in [1.165, 1.54) is 28.4 Å². The first-order chi connectivity index (χ1) is 14.0. The standard InChI is InChI=1S/C23H24FN3OS/c1-5-7-12-27(22(28)19-10-8-9-11-20(19)24)23-26-25-21(29-23)17-13-15(3)18(6-2)16(4)14-17/h6,8-11,13-14H,2,5,7,12H2,1,3-4H3. The minimum atomic E-state index is -0.532. The van der Waals surface area contributed by atoms with Crippen LogP contribution in [0.1, 0.15) is 46.8 Å². The number of carbonyl (C=O) groups excluding carboxylic acids is 1. The Labute approximate surface area is 174 Å². The zero-order valence-corrected chi connectivity index (χ0v) is 17.7. The van der Waals surface area contributed by atoms with E-state index in [4.69, 9.17) is 0 Å². The molecule has 0 radical (unpaired) electrons. The normalized spacial score (nSPS) is 10.8. The molecule has 0 aliphatic heterocycles. The summed E-state index contributed by atoms with van der Waals surface area (Å²) < 4.78 is 14.2. The Morgan fingerprint density at radius 2 is 1.90 bits per heavy atom. The number of unbranched alkanes of at least 4 members (excludes halogenated alkanes) is 1. The lowest BCUT2D eigenvalue weighted by atomic mass is 10.00. The van der Waals surface area contributed by atoms with Crippen molar-refractivity contribution in [2.75, 3.05) is 11.4 Å². The Balaban J connectivity index is 1.97. The molecule has 0 spiro atoms. The molecule has 3 aromatic rings. The Morgan fingerprint density at radius 3 is 2.52 bits per heavy atom. The van der Waals surface area contributed by atoms with Crippen LogP contribution >= 0.6 is 11.3 Å². The van der Waals surface area contributed by atoms with Gasteiger partial charge in [0.05, 0.1) is 5.56 Å². The van der Waals surface area contributed by atoms with E-state index in [-0.39, 0.29) is 5.56 Å². The van der Waals surface area contributed by atoms with Gasteiger partial charge in [-0.05, 0) is 61.2 Å². The van der Waals surface area contributed by atoms with Gasteiger partial charge in [0.2, 0.25) is 5.13 Å². The first-order valence-corrected chi connectivity index (χ1v) is 10.4. The Kier molecular flexibility index (Phi) is 6.54. The first kappa shape index (κ1) is 20.9. The van der Waals surface area contributed by atoms with Crippen LogP contribution in [0.2, 0.25) is 0 Å². The minimum absolute atomic E-state index is 0.0439. The molecule has 0 aliphatic rings. The summed E-state index contributed by atoms with van der Waals surface area (Å²) >= 11 is 1.34. The van der Waals surface area contributed by atoms with E-state index in [1.54, 1.807) is 12.1 Å². The molecule has 0 fully saturated rings. The van der Waals surface area contributed by atoms with Gasteiger partial charge < -0.3 is 0 Å². The lowest BCUT2D eigenvalue weighted by molar-refractivity contribution is 0.0982. The third kappa shape index (κ3) is 4.43. The molecule has 0 unspecified atom stereocenters. The molecule has 6 heteroatoms. The molecule has 4 nitrogen and oxygen atoms in total. The number of amides is 1. The third-order valence-electron chi connectivity index (χ3n) is 4.77. The quantitative estimate of drug-likeness (QED) is 0.477. The van der Waals surface area contributed by atoms with Gasteiger partial charge in [-0.25, -0.2) is 4.39 Å². The monoisotopic (exact) mass is 409 g/mol.